The molecular formula is C11H13BrN4O2. The number of piperazine rings is 1. The first kappa shape index (κ1) is 12.8. The van der Waals surface area contributed by atoms with Gasteiger partial charge < -0.3 is 10.6 Å². The molecule has 1 unspecified atom stereocenters. The van der Waals surface area contributed by atoms with E-state index in [0.717, 1.165) is 5.56 Å². The molecule has 0 bridgehead atoms. The summed E-state index contributed by atoms with van der Waals surface area (Å²) in [6.45, 7) is 3.67. The van der Waals surface area contributed by atoms with Gasteiger partial charge in [-0.1, -0.05) is 0 Å². The summed E-state index contributed by atoms with van der Waals surface area (Å²) in [5.74, 6) is -0.104. The third-order valence-electron chi connectivity index (χ3n) is 2.98. The Morgan fingerprint density at radius 1 is 1.56 bits per heavy atom. The molecule has 0 saturated carbocycles. The molecule has 96 valence electrons. The van der Waals surface area contributed by atoms with Crippen molar-refractivity contribution in [3.8, 4) is 0 Å². The van der Waals surface area contributed by atoms with Gasteiger partial charge in [-0.2, -0.15) is 0 Å². The summed E-state index contributed by atoms with van der Waals surface area (Å²) >= 11 is 3.41. The Balaban J connectivity index is 2.45. The number of imide groups is 1. The number of hydrogen-bond acceptors (Lipinski definition) is 5. The lowest BCUT2D eigenvalue weighted by Gasteiger charge is -2.33. The molecule has 2 heterocycles. The van der Waals surface area contributed by atoms with Crippen molar-refractivity contribution in [1.29, 1.82) is 0 Å². The first-order chi connectivity index (χ1) is 8.41. The van der Waals surface area contributed by atoms with Crippen molar-refractivity contribution >= 4 is 39.2 Å². The molecule has 0 aliphatic carbocycles. The predicted octanol–water partition coefficient (Wildman–Crippen LogP) is 0.586. The molecule has 1 atom stereocenters. The number of nitrogens with one attached hydrogen (secondary N) is 1. The monoisotopic (exact) mass is 312 g/mol. The number of carbonyl (C=O) groups excluding carboxylic acids is 2. The lowest BCUT2D eigenvalue weighted by atomic mass is 10.1. The smallest absolute Gasteiger partial charge is 0.249 e. The average molecular weight is 313 g/mol. The predicted molar refractivity (Wildman–Crippen MR) is 71.0 cm³/mol. The second-order valence-electron chi connectivity index (χ2n) is 4.19. The molecule has 1 aromatic heterocycles. The molecule has 0 radical (unpaired) electrons. The van der Waals surface area contributed by atoms with Crippen molar-refractivity contribution in [2.75, 3.05) is 17.2 Å². The van der Waals surface area contributed by atoms with Crippen molar-refractivity contribution in [3.63, 3.8) is 0 Å². The number of nitrogen functional groups attached to an aromatic ring is 1. The highest BCUT2D eigenvalue weighted by Crippen LogP contribution is 2.31. The number of pyridine rings is 1. The molecule has 1 saturated heterocycles. The van der Waals surface area contributed by atoms with E-state index in [0.29, 0.717) is 16.0 Å². The van der Waals surface area contributed by atoms with Gasteiger partial charge in [0.15, 0.2) is 0 Å². The highest BCUT2D eigenvalue weighted by Gasteiger charge is 2.32. The van der Waals surface area contributed by atoms with Crippen LogP contribution in [0.1, 0.15) is 12.5 Å². The van der Waals surface area contributed by atoms with Gasteiger partial charge in [0.05, 0.1) is 22.9 Å². The van der Waals surface area contributed by atoms with Gasteiger partial charge >= 0.3 is 0 Å². The third kappa shape index (κ3) is 2.05. The Kier molecular flexibility index (Phi) is 3.25. The van der Waals surface area contributed by atoms with Gasteiger partial charge in [-0.25, -0.2) is 4.98 Å². The van der Waals surface area contributed by atoms with Gasteiger partial charge in [0.1, 0.15) is 11.9 Å². The van der Waals surface area contributed by atoms with E-state index in [9.17, 15) is 9.59 Å². The Morgan fingerprint density at radius 3 is 2.89 bits per heavy atom. The van der Waals surface area contributed by atoms with Crippen LogP contribution < -0.4 is 16.0 Å². The Labute approximate surface area is 113 Å². The second-order valence-corrected chi connectivity index (χ2v) is 4.99. The molecule has 7 heteroatoms. The number of anilines is 2. The van der Waals surface area contributed by atoms with Crippen LogP contribution in [0.3, 0.4) is 0 Å². The molecule has 18 heavy (non-hydrogen) atoms. The summed E-state index contributed by atoms with van der Waals surface area (Å²) in [5, 5.41) is 2.29. The van der Waals surface area contributed by atoms with Crippen LogP contribution >= 0.6 is 15.9 Å². The maximum Gasteiger partial charge on any atom is 0.249 e. The summed E-state index contributed by atoms with van der Waals surface area (Å²) < 4.78 is 0.705. The molecule has 1 aliphatic rings. The largest absolute Gasteiger partial charge is 0.397 e. The third-order valence-corrected chi connectivity index (χ3v) is 3.93. The quantitative estimate of drug-likeness (QED) is 0.741. The molecule has 1 aliphatic heterocycles. The van der Waals surface area contributed by atoms with E-state index in [1.54, 1.807) is 11.8 Å². The minimum absolute atomic E-state index is 0.0991. The maximum absolute atomic E-state index is 11.6. The number of hydrogen-bond donors (Lipinski definition) is 2. The van der Waals surface area contributed by atoms with Crippen LogP contribution in [0.15, 0.2) is 10.7 Å². The average Bonchev–Trinajstić information content (AvgIpc) is 2.31. The number of carbonyl (C=O) groups is 2. The van der Waals surface area contributed by atoms with E-state index in [-0.39, 0.29) is 18.4 Å². The lowest BCUT2D eigenvalue weighted by molar-refractivity contribution is -0.132. The van der Waals surface area contributed by atoms with Crippen LogP contribution in [0.5, 0.6) is 0 Å². The van der Waals surface area contributed by atoms with Crippen molar-refractivity contribution in [3.05, 3.63) is 16.2 Å². The van der Waals surface area contributed by atoms with Crippen molar-refractivity contribution in [2.24, 2.45) is 0 Å². The standard InChI is InChI=1S/C11H13BrN4O2/c1-5-7(13)3-14-10(9(5)12)16-4-8(17)15-11(18)6(16)2/h3,6H,4,13H2,1-2H3,(H,15,17,18). The van der Waals surface area contributed by atoms with E-state index in [4.69, 9.17) is 5.73 Å². The van der Waals surface area contributed by atoms with E-state index in [1.165, 1.54) is 6.20 Å². The molecule has 3 N–H and O–H groups in total. The van der Waals surface area contributed by atoms with Gasteiger partial charge in [-0.15, -0.1) is 0 Å². The SMILES string of the molecule is Cc1c(N)cnc(N2CC(=O)NC(=O)C2C)c1Br. The number of nitrogens with zero attached hydrogens (tertiary/aromatic N) is 2. The Hall–Kier alpha value is -1.63. The van der Waals surface area contributed by atoms with Gasteiger partial charge in [0, 0.05) is 0 Å². The van der Waals surface area contributed by atoms with Crippen LogP contribution in [0.4, 0.5) is 11.5 Å². The van der Waals surface area contributed by atoms with Crippen LogP contribution in [0.25, 0.3) is 0 Å². The molecule has 1 aromatic rings. The summed E-state index contributed by atoms with van der Waals surface area (Å²) in [7, 11) is 0. The van der Waals surface area contributed by atoms with E-state index < -0.39 is 6.04 Å². The minimum Gasteiger partial charge on any atom is -0.397 e. The number of rotatable bonds is 1. The zero-order chi connectivity index (χ0) is 13.4. The van der Waals surface area contributed by atoms with Crippen LogP contribution in [0, 0.1) is 6.92 Å². The summed E-state index contributed by atoms with van der Waals surface area (Å²) in [6.07, 6.45) is 1.53. The lowest BCUT2D eigenvalue weighted by Crippen LogP contribution is -2.57. The fourth-order valence-corrected chi connectivity index (χ4v) is 2.31. The zero-order valence-corrected chi connectivity index (χ0v) is 11.6. The van der Waals surface area contributed by atoms with Crippen molar-refractivity contribution < 1.29 is 9.59 Å². The van der Waals surface area contributed by atoms with Crippen molar-refractivity contribution in [2.45, 2.75) is 19.9 Å². The molecule has 2 rings (SSSR count). The number of aromatic nitrogens is 1. The fraction of sp³-hybridized carbons (Fsp3) is 0.364. The summed E-state index contributed by atoms with van der Waals surface area (Å²) in [4.78, 5) is 28.9. The summed E-state index contributed by atoms with van der Waals surface area (Å²) in [6, 6.07) is -0.450. The first-order valence-electron chi connectivity index (χ1n) is 5.42. The topological polar surface area (TPSA) is 88.3 Å². The van der Waals surface area contributed by atoms with Gasteiger partial charge in [0.2, 0.25) is 11.8 Å². The molecule has 6 nitrogen and oxygen atoms in total. The van der Waals surface area contributed by atoms with Crippen molar-refractivity contribution in [1.82, 2.24) is 10.3 Å². The normalized spacial score (nSPS) is 19.9. The maximum atomic E-state index is 11.6. The first-order valence-corrected chi connectivity index (χ1v) is 6.22. The van der Waals surface area contributed by atoms with Crippen LogP contribution in [-0.2, 0) is 9.59 Å². The van der Waals surface area contributed by atoms with Gasteiger partial charge in [-0.3, -0.25) is 14.9 Å². The zero-order valence-electron chi connectivity index (χ0n) is 10.0. The molecule has 1 fully saturated rings. The molecule has 2 amide bonds. The van der Waals surface area contributed by atoms with E-state index >= 15 is 0 Å². The second kappa shape index (κ2) is 4.56. The minimum atomic E-state index is -0.450. The highest BCUT2D eigenvalue weighted by molar-refractivity contribution is 9.10. The summed E-state index contributed by atoms with van der Waals surface area (Å²) in [5.41, 5.74) is 7.15. The molecular weight excluding hydrogens is 300 g/mol. The molecule has 0 spiro atoms. The molecule has 0 aromatic carbocycles. The Morgan fingerprint density at radius 2 is 2.22 bits per heavy atom. The van der Waals surface area contributed by atoms with Crippen LogP contribution in [-0.4, -0.2) is 29.4 Å². The number of nitrogens with two attached hydrogens (primary N) is 1. The van der Waals surface area contributed by atoms with Crippen LogP contribution in [0.2, 0.25) is 0 Å². The van der Waals surface area contributed by atoms with E-state index in [2.05, 4.69) is 26.2 Å². The Bertz CT molecular complexity index is 532. The highest BCUT2D eigenvalue weighted by atomic mass is 79.9. The van der Waals surface area contributed by atoms with E-state index in [1.807, 2.05) is 6.92 Å². The van der Waals surface area contributed by atoms with Gasteiger partial charge in [-0.05, 0) is 35.3 Å². The van der Waals surface area contributed by atoms with Gasteiger partial charge in [0.25, 0.3) is 0 Å². The number of halogens is 1. The number of amides is 2. The fourth-order valence-electron chi connectivity index (χ4n) is 1.75.